The molecule has 1 fully saturated rings. The molecule has 5 atom stereocenters. The molecule has 1 aliphatic rings. The molecule has 12 heavy (non-hydrogen) atoms. The van der Waals surface area contributed by atoms with Gasteiger partial charge in [-0.3, -0.25) is 0 Å². The summed E-state index contributed by atoms with van der Waals surface area (Å²) in [6, 6.07) is -0.879. The highest BCUT2D eigenvalue weighted by Gasteiger charge is 2.43. The van der Waals surface area contributed by atoms with Gasteiger partial charge in [0.2, 0.25) is 0 Å². The zero-order valence-electron chi connectivity index (χ0n) is 6.50. The number of hydrogen-bond acceptors (Lipinski definition) is 6. The summed E-state index contributed by atoms with van der Waals surface area (Å²) >= 11 is 0. The second kappa shape index (κ2) is 3.65. The van der Waals surface area contributed by atoms with E-state index in [4.69, 9.17) is 21.3 Å². The average Bonchev–Trinajstić information content (AvgIpc) is 2.32. The first-order chi connectivity index (χ1) is 5.57. The molecule has 1 saturated heterocycles. The van der Waals surface area contributed by atoms with Gasteiger partial charge >= 0.3 is 0 Å². The van der Waals surface area contributed by atoms with E-state index in [1.807, 2.05) is 0 Å². The Labute approximate surface area is 69.7 Å². The van der Waals surface area contributed by atoms with E-state index < -0.39 is 30.6 Å². The molecular weight excluding hydrogens is 164 g/mol. The van der Waals surface area contributed by atoms with Crippen molar-refractivity contribution in [3.63, 3.8) is 0 Å². The molecule has 6 heteroatoms. The van der Waals surface area contributed by atoms with E-state index >= 15 is 0 Å². The molecule has 0 radical (unpaired) electrons. The number of nitrogens with two attached hydrogens (primary N) is 2. The molecule has 1 heterocycles. The number of hydrogen-bond donors (Lipinski definition) is 5. The van der Waals surface area contributed by atoms with Gasteiger partial charge in [-0.05, 0) is 0 Å². The second-order valence-electron chi connectivity index (χ2n) is 2.86. The smallest absolute Gasteiger partial charge is 0.173 e. The van der Waals surface area contributed by atoms with Crippen molar-refractivity contribution in [2.75, 3.05) is 6.54 Å². The molecule has 0 aliphatic carbocycles. The van der Waals surface area contributed by atoms with Gasteiger partial charge in [0.25, 0.3) is 0 Å². The SMILES string of the molecule is NCC(O)C1OC(O)C(N)C1O. The normalized spacial score (nSPS) is 44.8. The Morgan fingerprint density at radius 1 is 1.42 bits per heavy atom. The standard InChI is InChI=1S/C6H14N2O4/c7-1-2(9)5-4(10)3(8)6(11)12-5/h2-6,9-11H,1,7-8H2. The minimum Gasteiger partial charge on any atom is -0.389 e. The summed E-state index contributed by atoms with van der Waals surface area (Å²) in [6.45, 7) is -0.0405. The maximum atomic E-state index is 9.30. The van der Waals surface area contributed by atoms with Crippen molar-refractivity contribution in [2.45, 2.75) is 30.6 Å². The van der Waals surface area contributed by atoms with Crippen LogP contribution in [0.15, 0.2) is 0 Å². The Balaban J connectivity index is 2.58. The molecule has 6 nitrogen and oxygen atoms in total. The van der Waals surface area contributed by atoms with Gasteiger partial charge in [0.15, 0.2) is 6.29 Å². The van der Waals surface area contributed by atoms with Gasteiger partial charge in [0.1, 0.15) is 12.2 Å². The largest absolute Gasteiger partial charge is 0.389 e. The summed E-state index contributed by atoms with van der Waals surface area (Å²) < 4.78 is 4.79. The molecule has 0 saturated carbocycles. The first-order valence-electron chi connectivity index (χ1n) is 3.73. The van der Waals surface area contributed by atoms with Crippen LogP contribution in [0.2, 0.25) is 0 Å². The van der Waals surface area contributed by atoms with Crippen molar-refractivity contribution in [2.24, 2.45) is 11.5 Å². The second-order valence-corrected chi connectivity index (χ2v) is 2.86. The maximum Gasteiger partial charge on any atom is 0.173 e. The molecule has 1 aliphatic heterocycles. The average molecular weight is 178 g/mol. The first-order valence-corrected chi connectivity index (χ1v) is 3.73. The van der Waals surface area contributed by atoms with Crippen LogP contribution in [0.4, 0.5) is 0 Å². The van der Waals surface area contributed by atoms with E-state index in [2.05, 4.69) is 0 Å². The Bertz CT molecular complexity index is 156. The summed E-state index contributed by atoms with van der Waals surface area (Å²) in [5.74, 6) is 0. The van der Waals surface area contributed by atoms with Gasteiger partial charge in [-0.15, -0.1) is 0 Å². The molecule has 0 aromatic carbocycles. The van der Waals surface area contributed by atoms with Crippen molar-refractivity contribution in [1.82, 2.24) is 0 Å². The molecule has 0 aromatic heterocycles. The summed E-state index contributed by atoms with van der Waals surface area (Å²) in [4.78, 5) is 0. The van der Waals surface area contributed by atoms with Gasteiger partial charge in [-0.2, -0.15) is 0 Å². The number of aliphatic hydroxyl groups is 3. The zero-order chi connectivity index (χ0) is 9.30. The van der Waals surface area contributed by atoms with Gasteiger partial charge in [0.05, 0.1) is 12.1 Å². The highest BCUT2D eigenvalue weighted by molar-refractivity contribution is 4.92. The number of aliphatic hydroxyl groups excluding tert-OH is 3. The summed E-state index contributed by atoms with van der Waals surface area (Å²) in [7, 11) is 0. The zero-order valence-corrected chi connectivity index (χ0v) is 6.50. The van der Waals surface area contributed by atoms with Crippen molar-refractivity contribution >= 4 is 0 Å². The molecular formula is C6H14N2O4. The molecule has 0 bridgehead atoms. The minimum absolute atomic E-state index is 0.0405. The van der Waals surface area contributed by atoms with E-state index in [0.29, 0.717) is 0 Å². The summed E-state index contributed by atoms with van der Waals surface area (Å²) in [5, 5.41) is 27.5. The molecule has 0 aromatic rings. The highest BCUT2D eigenvalue weighted by Crippen LogP contribution is 2.20. The summed E-state index contributed by atoms with van der Waals surface area (Å²) in [5.41, 5.74) is 10.5. The number of ether oxygens (including phenoxy) is 1. The van der Waals surface area contributed by atoms with Gasteiger partial charge in [-0.25, -0.2) is 0 Å². The molecule has 5 unspecified atom stereocenters. The van der Waals surface area contributed by atoms with Crippen LogP contribution in [0.3, 0.4) is 0 Å². The van der Waals surface area contributed by atoms with E-state index in [0.717, 1.165) is 0 Å². The van der Waals surface area contributed by atoms with E-state index in [9.17, 15) is 10.2 Å². The lowest BCUT2D eigenvalue weighted by Crippen LogP contribution is -2.45. The number of rotatable bonds is 2. The first kappa shape index (κ1) is 9.85. The summed E-state index contributed by atoms with van der Waals surface area (Å²) in [6.07, 6.45) is -4.19. The predicted octanol–water partition coefficient (Wildman–Crippen LogP) is -3.29. The minimum atomic E-state index is -1.23. The quantitative estimate of drug-likeness (QED) is 0.302. The lowest BCUT2D eigenvalue weighted by atomic mass is 10.1. The Morgan fingerprint density at radius 3 is 2.33 bits per heavy atom. The van der Waals surface area contributed by atoms with Crippen LogP contribution in [0.25, 0.3) is 0 Å². The van der Waals surface area contributed by atoms with Crippen LogP contribution in [0.5, 0.6) is 0 Å². The third kappa shape index (κ3) is 1.58. The van der Waals surface area contributed by atoms with Crippen LogP contribution >= 0.6 is 0 Å². The van der Waals surface area contributed by atoms with E-state index in [-0.39, 0.29) is 6.54 Å². The van der Waals surface area contributed by atoms with E-state index in [1.165, 1.54) is 0 Å². The Morgan fingerprint density at radius 2 is 2.00 bits per heavy atom. The lowest BCUT2D eigenvalue weighted by molar-refractivity contribution is -0.129. The van der Waals surface area contributed by atoms with E-state index in [1.54, 1.807) is 0 Å². The fraction of sp³-hybridized carbons (Fsp3) is 1.00. The van der Waals surface area contributed by atoms with Gasteiger partial charge < -0.3 is 31.5 Å². The van der Waals surface area contributed by atoms with Crippen LogP contribution in [0.1, 0.15) is 0 Å². The van der Waals surface area contributed by atoms with Crippen molar-refractivity contribution in [1.29, 1.82) is 0 Å². The lowest BCUT2D eigenvalue weighted by Gasteiger charge is -2.18. The van der Waals surface area contributed by atoms with Gasteiger partial charge in [0, 0.05) is 6.54 Å². The monoisotopic (exact) mass is 178 g/mol. The fourth-order valence-corrected chi connectivity index (χ4v) is 1.17. The predicted molar refractivity (Wildman–Crippen MR) is 39.9 cm³/mol. The topological polar surface area (TPSA) is 122 Å². The third-order valence-corrected chi connectivity index (χ3v) is 1.98. The molecule has 0 amide bonds. The van der Waals surface area contributed by atoms with Crippen molar-refractivity contribution in [3.8, 4) is 0 Å². The van der Waals surface area contributed by atoms with Crippen LogP contribution in [-0.2, 0) is 4.74 Å². The highest BCUT2D eigenvalue weighted by atomic mass is 16.6. The molecule has 72 valence electrons. The van der Waals surface area contributed by atoms with Crippen molar-refractivity contribution in [3.05, 3.63) is 0 Å². The molecule has 0 spiro atoms. The Hall–Kier alpha value is -0.240. The fourth-order valence-electron chi connectivity index (χ4n) is 1.17. The Kier molecular flexibility index (Phi) is 2.99. The molecule has 1 rings (SSSR count). The van der Waals surface area contributed by atoms with Crippen LogP contribution in [-0.4, -0.2) is 52.5 Å². The van der Waals surface area contributed by atoms with Crippen LogP contribution < -0.4 is 11.5 Å². The third-order valence-electron chi connectivity index (χ3n) is 1.98. The maximum absolute atomic E-state index is 9.30. The van der Waals surface area contributed by atoms with Crippen LogP contribution in [0, 0.1) is 0 Å². The van der Waals surface area contributed by atoms with Gasteiger partial charge in [-0.1, -0.05) is 0 Å². The molecule has 7 N–H and O–H groups in total. The van der Waals surface area contributed by atoms with Crippen molar-refractivity contribution < 1.29 is 20.1 Å².